The summed E-state index contributed by atoms with van der Waals surface area (Å²) < 4.78 is 32.1. The summed E-state index contributed by atoms with van der Waals surface area (Å²) in [4.78, 5) is 3.13. The standard InChI is InChI=1S/C20H16F2N4O2/c1-11-6-17(28-10-18(21)22)15(13-4-5-24-19(11)13)9-26-20(27)14-7-12(8-23)2-3-16(14)25-26/h2-7,18,24,27H,9-10H2,1H3. The van der Waals surface area contributed by atoms with Gasteiger partial charge in [0, 0.05) is 22.7 Å². The van der Waals surface area contributed by atoms with Crippen molar-refractivity contribution in [3.8, 4) is 17.7 Å². The van der Waals surface area contributed by atoms with Crippen LogP contribution < -0.4 is 4.74 Å². The van der Waals surface area contributed by atoms with Gasteiger partial charge < -0.3 is 14.8 Å². The normalized spacial score (nSPS) is 11.4. The quantitative estimate of drug-likeness (QED) is 0.544. The number of hydrogen-bond donors (Lipinski definition) is 2. The molecule has 0 aliphatic carbocycles. The molecule has 0 aliphatic rings. The predicted octanol–water partition coefficient (Wildman–Crippen LogP) is 4.10. The average molecular weight is 382 g/mol. The number of aromatic hydroxyl groups is 1. The number of ether oxygens (including phenoxy) is 1. The number of halogens is 2. The molecular weight excluding hydrogens is 366 g/mol. The van der Waals surface area contributed by atoms with Crippen LogP contribution in [0, 0.1) is 18.3 Å². The number of aromatic nitrogens is 3. The highest BCUT2D eigenvalue weighted by Gasteiger charge is 2.18. The fourth-order valence-corrected chi connectivity index (χ4v) is 3.33. The molecule has 0 radical (unpaired) electrons. The van der Waals surface area contributed by atoms with Gasteiger partial charge in [-0.3, -0.25) is 0 Å². The molecule has 142 valence electrons. The monoisotopic (exact) mass is 382 g/mol. The Hall–Kier alpha value is -3.60. The predicted molar refractivity (Wildman–Crippen MR) is 99.7 cm³/mol. The van der Waals surface area contributed by atoms with Gasteiger partial charge in [0.15, 0.2) is 0 Å². The highest BCUT2D eigenvalue weighted by molar-refractivity contribution is 5.89. The highest BCUT2D eigenvalue weighted by Crippen LogP contribution is 2.34. The zero-order valence-electron chi connectivity index (χ0n) is 14.9. The topological polar surface area (TPSA) is 86.9 Å². The molecule has 2 aromatic carbocycles. The zero-order chi connectivity index (χ0) is 19.8. The minimum absolute atomic E-state index is 0.101. The minimum Gasteiger partial charge on any atom is -0.493 e. The fraction of sp³-hybridized carbons (Fsp3) is 0.200. The molecule has 0 aliphatic heterocycles. The Morgan fingerprint density at radius 1 is 1.29 bits per heavy atom. The third kappa shape index (κ3) is 3.01. The van der Waals surface area contributed by atoms with Crippen LogP contribution in [0.2, 0.25) is 0 Å². The second kappa shape index (κ2) is 6.85. The molecule has 2 aromatic heterocycles. The summed E-state index contributed by atoms with van der Waals surface area (Å²) in [5.41, 5.74) is 3.30. The first-order chi connectivity index (χ1) is 13.5. The number of hydrogen-bond acceptors (Lipinski definition) is 4. The van der Waals surface area contributed by atoms with Crippen molar-refractivity contribution in [3.05, 3.63) is 53.2 Å². The van der Waals surface area contributed by atoms with Gasteiger partial charge >= 0.3 is 0 Å². The third-order valence-electron chi connectivity index (χ3n) is 4.62. The molecule has 0 fully saturated rings. The molecule has 8 heteroatoms. The van der Waals surface area contributed by atoms with Crippen molar-refractivity contribution >= 4 is 21.8 Å². The lowest BCUT2D eigenvalue weighted by Gasteiger charge is -2.15. The molecule has 2 heterocycles. The van der Waals surface area contributed by atoms with Crippen molar-refractivity contribution in [2.45, 2.75) is 19.9 Å². The van der Waals surface area contributed by atoms with Crippen LogP contribution in [0.25, 0.3) is 21.8 Å². The van der Waals surface area contributed by atoms with E-state index >= 15 is 0 Å². The molecule has 6 nitrogen and oxygen atoms in total. The van der Waals surface area contributed by atoms with E-state index in [1.807, 2.05) is 19.1 Å². The van der Waals surface area contributed by atoms with Crippen LogP contribution >= 0.6 is 0 Å². The fourth-order valence-electron chi connectivity index (χ4n) is 3.33. The second-order valence-corrected chi connectivity index (χ2v) is 6.46. The van der Waals surface area contributed by atoms with E-state index in [1.165, 1.54) is 4.68 Å². The van der Waals surface area contributed by atoms with E-state index < -0.39 is 13.0 Å². The van der Waals surface area contributed by atoms with Gasteiger partial charge in [0.25, 0.3) is 6.43 Å². The number of aromatic amines is 1. The van der Waals surface area contributed by atoms with E-state index in [0.29, 0.717) is 27.8 Å². The largest absolute Gasteiger partial charge is 0.493 e. The first kappa shape index (κ1) is 17.8. The first-order valence-electron chi connectivity index (χ1n) is 8.58. The molecular formula is C20H16F2N4O2. The van der Waals surface area contributed by atoms with E-state index in [1.54, 1.807) is 30.5 Å². The first-order valence-corrected chi connectivity index (χ1v) is 8.58. The van der Waals surface area contributed by atoms with Crippen LogP contribution in [0.3, 0.4) is 0 Å². The summed E-state index contributed by atoms with van der Waals surface area (Å²) in [5, 5.41) is 25.3. The summed E-state index contributed by atoms with van der Waals surface area (Å²) in [7, 11) is 0. The average Bonchev–Trinajstić information content (AvgIpc) is 3.28. The van der Waals surface area contributed by atoms with Crippen molar-refractivity contribution in [2.75, 3.05) is 6.61 Å². The molecule has 0 spiro atoms. The summed E-state index contributed by atoms with van der Waals surface area (Å²) in [6.07, 6.45) is -0.836. The maximum absolute atomic E-state index is 12.7. The van der Waals surface area contributed by atoms with E-state index in [0.717, 1.165) is 16.5 Å². The Morgan fingerprint density at radius 2 is 2.11 bits per heavy atom. The van der Waals surface area contributed by atoms with Crippen molar-refractivity contribution in [1.29, 1.82) is 5.26 Å². The molecule has 4 rings (SSSR count). The van der Waals surface area contributed by atoms with Crippen LogP contribution in [-0.2, 0) is 6.54 Å². The van der Waals surface area contributed by atoms with Crippen LogP contribution in [0.1, 0.15) is 16.7 Å². The molecule has 0 saturated heterocycles. The zero-order valence-corrected chi connectivity index (χ0v) is 14.9. The van der Waals surface area contributed by atoms with Gasteiger partial charge in [-0.2, -0.15) is 10.4 Å². The van der Waals surface area contributed by atoms with Crippen LogP contribution in [0.15, 0.2) is 36.5 Å². The van der Waals surface area contributed by atoms with E-state index in [2.05, 4.69) is 10.1 Å². The molecule has 28 heavy (non-hydrogen) atoms. The maximum Gasteiger partial charge on any atom is 0.272 e. The lowest BCUT2D eigenvalue weighted by atomic mass is 10.0. The lowest BCUT2D eigenvalue weighted by Crippen LogP contribution is -2.10. The van der Waals surface area contributed by atoms with Crippen LogP contribution in [0.5, 0.6) is 11.6 Å². The highest BCUT2D eigenvalue weighted by atomic mass is 19.3. The number of aryl methyl sites for hydroxylation is 1. The smallest absolute Gasteiger partial charge is 0.272 e. The molecule has 0 amide bonds. The van der Waals surface area contributed by atoms with Crippen LogP contribution in [-0.4, -0.2) is 32.9 Å². The molecule has 0 saturated carbocycles. The summed E-state index contributed by atoms with van der Waals surface area (Å²) in [6.45, 7) is 1.26. The summed E-state index contributed by atoms with van der Waals surface area (Å²) in [6, 6.07) is 10.4. The van der Waals surface area contributed by atoms with Gasteiger partial charge in [0.1, 0.15) is 12.4 Å². The maximum atomic E-state index is 12.7. The van der Waals surface area contributed by atoms with Gasteiger partial charge in [0.05, 0.1) is 29.1 Å². The Bertz CT molecular complexity index is 1220. The third-order valence-corrected chi connectivity index (χ3v) is 4.62. The molecule has 0 atom stereocenters. The molecule has 4 aromatic rings. The number of nitriles is 1. The molecule has 0 bridgehead atoms. The van der Waals surface area contributed by atoms with E-state index in [-0.39, 0.29) is 12.4 Å². The Morgan fingerprint density at radius 3 is 2.86 bits per heavy atom. The second-order valence-electron chi connectivity index (χ2n) is 6.46. The van der Waals surface area contributed by atoms with Gasteiger partial charge in [-0.05, 0) is 42.8 Å². The number of rotatable bonds is 5. The van der Waals surface area contributed by atoms with Gasteiger partial charge in [-0.15, -0.1) is 0 Å². The van der Waals surface area contributed by atoms with E-state index in [9.17, 15) is 13.9 Å². The number of alkyl halides is 2. The van der Waals surface area contributed by atoms with Crippen molar-refractivity contribution < 1.29 is 18.6 Å². The Labute approximate surface area is 158 Å². The van der Waals surface area contributed by atoms with Gasteiger partial charge in [-0.1, -0.05) is 0 Å². The summed E-state index contributed by atoms with van der Waals surface area (Å²) in [5.74, 6) is 0.220. The van der Waals surface area contributed by atoms with Crippen molar-refractivity contribution in [1.82, 2.24) is 14.8 Å². The van der Waals surface area contributed by atoms with Crippen LogP contribution in [0.4, 0.5) is 8.78 Å². The minimum atomic E-state index is -2.60. The number of nitrogens with zero attached hydrogens (tertiary/aromatic N) is 3. The molecule has 2 N–H and O–H groups in total. The summed E-state index contributed by atoms with van der Waals surface area (Å²) >= 11 is 0. The number of fused-ring (bicyclic) bond motifs is 2. The number of H-pyrrole nitrogens is 1. The van der Waals surface area contributed by atoms with E-state index in [4.69, 9.17) is 10.00 Å². The van der Waals surface area contributed by atoms with Crippen molar-refractivity contribution in [3.63, 3.8) is 0 Å². The molecule has 0 unspecified atom stereocenters. The van der Waals surface area contributed by atoms with Crippen molar-refractivity contribution in [2.24, 2.45) is 0 Å². The Balaban J connectivity index is 1.83. The SMILES string of the molecule is Cc1cc(OCC(F)F)c(Cn2nc3ccc(C#N)cc3c2O)c2cc[nH]c12. The lowest BCUT2D eigenvalue weighted by molar-refractivity contribution is 0.0814. The number of nitrogens with one attached hydrogen (secondary N) is 1. The Kier molecular flexibility index (Phi) is 4.35. The van der Waals surface area contributed by atoms with Gasteiger partial charge in [-0.25, -0.2) is 13.5 Å². The number of benzene rings is 2. The van der Waals surface area contributed by atoms with Gasteiger partial charge in [0.2, 0.25) is 5.88 Å².